The van der Waals surface area contributed by atoms with Crippen molar-refractivity contribution in [3.05, 3.63) is 70.2 Å². The number of carbonyl (C=O) groups excluding carboxylic acids is 1. The molecule has 0 amide bonds. The third kappa shape index (κ3) is 5.44. The van der Waals surface area contributed by atoms with Crippen molar-refractivity contribution in [2.45, 2.75) is 52.9 Å². The molecule has 2 aromatic carbocycles. The second-order valence-corrected chi connectivity index (χ2v) is 7.66. The first kappa shape index (κ1) is 19.7. The Morgan fingerprint density at radius 2 is 1.80 bits per heavy atom. The molecule has 3 unspecified atom stereocenters. The first-order chi connectivity index (χ1) is 11.9. The fourth-order valence-electron chi connectivity index (χ4n) is 3.35. The summed E-state index contributed by atoms with van der Waals surface area (Å²) in [6, 6.07) is 16.4. The highest BCUT2D eigenvalue weighted by Gasteiger charge is 2.30. The molecule has 0 fully saturated rings. The normalized spacial score (nSPS) is 19.6. The molecule has 0 heterocycles. The Balaban J connectivity index is 0.000000236. The van der Waals surface area contributed by atoms with Crippen molar-refractivity contribution in [2.24, 2.45) is 11.8 Å². The zero-order chi connectivity index (χ0) is 18.4. The molecule has 0 bridgehead atoms. The van der Waals surface area contributed by atoms with Gasteiger partial charge in [-0.2, -0.15) is 0 Å². The SMILES string of the molecule is CCC(C)C(=O)CC1Cc2ccccc2C1C.Cc1ccc(Cl)cc1. The Kier molecular flexibility index (Phi) is 7.25. The van der Waals surface area contributed by atoms with E-state index in [1.807, 2.05) is 31.2 Å². The summed E-state index contributed by atoms with van der Waals surface area (Å²) in [4.78, 5) is 12.0. The molecule has 0 spiro atoms. The van der Waals surface area contributed by atoms with E-state index in [9.17, 15) is 4.79 Å². The van der Waals surface area contributed by atoms with Gasteiger partial charge in [-0.3, -0.25) is 4.79 Å². The Hall–Kier alpha value is -1.60. The number of Topliss-reactive ketones (excluding diaryl/α,β-unsaturated/α-hetero) is 1. The summed E-state index contributed by atoms with van der Waals surface area (Å²) in [5.74, 6) is 1.73. The maximum atomic E-state index is 12.0. The van der Waals surface area contributed by atoms with Gasteiger partial charge in [-0.05, 0) is 54.9 Å². The van der Waals surface area contributed by atoms with Crippen molar-refractivity contribution >= 4 is 17.4 Å². The highest BCUT2D eigenvalue weighted by Crippen LogP contribution is 2.39. The van der Waals surface area contributed by atoms with Crippen molar-refractivity contribution in [3.8, 4) is 0 Å². The molecule has 25 heavy (non-hydrogen) atoms. The third-order valence-corrected chi connectivity index (χ3v) is 5.62. The van der Waals surface area contributed by atoms with Crippen LogP contribution in [0.15, 0.2) is 48.5 Å². The van der Waals surface area contributed by atoms with Gasteiger partial charge in [0.05, 0.1) is 0 Å². The summed E-state index contributed by atoms with van der Waals surface area (Å²) in [7, 11) is 0. The zero-order valence-corrected chi connectivity index (χ0v) is 16.5. The molecular formula is C23H29ClO. The molecular weight excluding hydrogens is 328 g/mol. The Bertz CT molecular complexity index is 668. The van der Waals surface area contributed by atoms with Gasteiger partial charge in [0.2, 0.25) is 0 Å². The van der Waals surface area contributed by atoms with Gasteiger partial charge in [0, 0.05) is 17.4 Å². The summed E-state index contributed by atoms with van der Waals surface area (Å²) in [6.07, 6.45) is 2.80. The molecule has 0 aromatic heterocycles. The minimum absolute atomic E-state index is 0.228. The van der Waals surface area contributed by atoms with Crippen LogP contribution in [0.5, 0.6) is 0 Å². The van der Waals surface area contributed by atoms with Gasteiger partial charge in [0.15, 0.2) is 0 Å². The number of halogens is 1. The fraction of sp³-hybridized carbons (Fsp3) is 0.435. The standard InChI is InChI=1S/C16H22O.C7H7Cl/c1-4-11(2)16(17)10-14-9-13-7-5-6-8-15(13)12(14)3;1-6-2-4-7(8)5-3-6/h5-8,11-12,14H,4,9-10H2,1-3H3;2-5H,1H3. The quantitative estimate of drug-likeness (QED) is 0.601. The van der Waals surface area contributed by atoms with E-state index in [1.165, 1.54) is 16.7 Å². The molecule has 0 saturated heterocycles. The molecule has 3 rings (SSSR count). The van der Waals surface area contributed by atoms with Gasteiger partial charge >= 0.3 is 0 Å². The van der Waals surface area contributed by atoms with Crippen LogP contribution >= 0.6 is 11.6 Å². The monoisotopic (exact) mass is 356 g/mol. The Labute approximate surface area is 157 Å². The molecule has 1 aliphatic rings. The number of rotatable bonds is 4. The van der Waals surface area contributed by atoms with Crippen molar-refractivity contribution in [1.29, 1.82) is 0 Å². The second kappa shape index (κ2) is 9.20. The van der Waals surface area contributed by atoms with Crippen LogP contribution in [-0.2, 0) is 11.2 Å². The molecule has 1 nitrogen and oxygen atoms in total. The van der Waals surface area contributed by atoms with Gasteiger partial charge in [0.25, 0.3) is 0 Å². The van der Waals surface area contributed by atoms with Crippen molar-refractivity contribution in [2.75, 3.05) is 0 Å². The maximum absolute atomic E-state index is 12.0. The minimum atomic E-state index is 0.228. The van der Waals surface area contributed by atoms with Crippen LogP contribution in [0.1, 0.15) is 56.2 Å². The number of benzene rings is 2. The lowest BCUT2D eigenvalue weighted by Crippen LogP contribution is -2.17. The van der Waals surface area contributed by atoms with E-state index < -0.39 is 0 Å². The van der Waals surface area contributed by atoms with Crippen LogP contribution in [0.25, 0.3) is 0 Å². The first-order valence-corrected chi connectivity index (χ1v) is 9.62. The number of aryl methyl sites for hydroxylation is 1. The third-order valence-electron chi connectivity index (χ3n) is 5.37. The average Bonchev–Trinajstić information content (AvgIpc) is 2.93. The number of carbonyl (C=O) groups is 1. The molecule has 0 radical (unpaired) electrons. The first-order valence-electron chi connectivity index (χ1n) is 9.25. The Morgan fingerprint density at radius 3 is 2.36 bits per heavy atom. The average molecular weight is 357 g/mol. The van der Waals surface area contributed by atoms with Gasteiger partial charge in [0.1, 0.15) is 5.78 Å². The molecule has 1 aliphatic carbocycles. The minimum Gasteiger partial charge on any atom is -0.299 e. The number of hydrogen-bond donors (Lipinski definition) is 0. The van der Waals surface area contributed by atoms with E-state index in [1.54, 1.807) is 0 Å². The summed E-state index contributed by atoms with van der Waals surface area (Å²) in [5, 5.41) is 0.801. The molecule has 0 aliphatic heterocycles. The smallest absolute Gasteiger partial charge is 0.135 e. The van der Waals surface area contributed by atoms with Crippen molar-refractivity contribution in [1.82, 2.24) is 0 Å². The van der Waals surface area contributed by atoms with E-state index in [4.69, 9.17) is 11.6 Å². The largest absolute Gasteiger partial charge is 0.299 e. The molecule has 0 N–H and O–H groups in total. The summed E-state index contributed by atoms with van der Waals surface area (Å²) >= 11 is 5.61. The van der Waals surface area contributed by atoms with Crippen LogP contribution < -0.4 is 0 Å². The zero-order valence-electron chi connectivity index (χ0n) is 15.8. The number of fused-ring (bicyclic) bond motifs is 1. The van der Waals surface area contributed by atoms with Crippen LogP contribution in [0, 0.1) is 18.8 Å². The van der Waals surface area contributed by atoms with Gasteiger partial charge in [-0.1, -0.05) is 74.3 Å². The van der Waals surface area contributed by atoms with Crippen LogP contribution in [-0.4, -0.2) is 5.78 Å². The predicted molar refractivity (Wildman–Crippen MR) is 107 cm³/mol. The van der Waals surface area contributed by atoms with Crippen LogP contribution in [0.3, 0.4) is 0 Å². The van der Waals surface area contributed by atoms with E-state index in [2.05, 4.69) is 45.0 Å². The van der Waals surface area contributed by atoms with Crippen molar-refractivity contribution < 1.29 is 4.79 Å². The highest BCUT2D eigenvalue weighted by molar-refractivity contribution is 6.30. The van der Waals surface area contributed by atoms with Crippen molar-refractivity contribution in [3.63, 3.8) is 0 Å². The van der Waals surface area contributed by atoms with E-state index in [-0.39, 0.29) is 5.92 Å². The highest BCUT2D eigenvalue weighted by atomic mass is 35.5. The number of hydrogen-bond acceptors (Lipinski definition) is 1. The molecule has 2 aromatic rings. The molecule has 134 valence electrons. The van der Waals surface area contributed by atoms with E-state index in [0.29, 0.717) is 17.6 Å². The molecule has 2 heteroatoms. The van der Waals surface area contributed by atoms with E-state index >= 15 is 0 Å². The summed E-state index contributed by atoms with van der Waals surface area (Å²) < 4.78 is 0. The second-order valence-electron chi connectivity index (χ2n) is 7.23. The summed E-state index contributed by atoms with van der Waals surface area (Å²) in [5.41, 5.74) is 4.14. The fourth-order valence-corrected chi connectivity index (χ4v) is 3.47. The lowest BCUT2D eigenvalue weighted by Gasteiger charge is -2.17. The topological polar surface area (TPSA) is 17.1 Å². The number of ketones is 1. The van der Waals surface area contributed by atoms with Gasteiger partial charge in [-0.15, -0.1) is 0 Å². The van der Waals surface area contributed by atoms with Crippen LogP contribution in [0.4, 0.5) is 0 Å². The summed E-state index contributed by atoms with van der Waals surface area (Å²) in [6.45, 7) is 8.45. The predicted octanol–water partition coefficient (Wildman–Crippen LogP) is 6.62. The molecule has 3 atom stereocenters. The van der Waals surface area contributed by atoms with Gasteiger partial charge < -0.3 is 0 Å². The van der Waals surface area contributed by atoms with E-state index in [0.717, 1.165) is 24.3 Å². The lowest BCUT2D eigenvalue weighted by atomic mass is 9.86. The van der Waals surface area contributed by atoms with Crippen LogP contribution in [0.2, 0.25) is 5.02 Å². The lowest BCUT2D eigenvalue weighted by molar-refractivity contribution is -0.123. The Morgan fingerprint density at radius 1 is 1.16 bits per heavy atom. The maximum Gasteiger partial charge on any atom is 0.135 e. The van der Waals surface area contributed by atoms with Gasteiger partial charge in [-0.25, -0.2) is 0 Å². The molecule has 0 saturated carbocycles.